The molecule has 144 valence electrons. The van der Waals surface area contributed by atoms with Crippen molar-refractivity contribution < 1.29 is 9.59 Å². The Kier molecular flexibility index (Phi) is 6.06. The lowest BCUT2D eigenvalue weighted by molar-refractivity contribution is -0.116. The second-order valence-corrected chi connectivity index (χ2v) is 6.55. The molecule has 0 spiro atoms. The highest BCUT2D eigenvalue weighted by atomic mass is 16.2. The quantitative estimate of drug-likeness (QED) is 0.608. The van der Waals surface area contributed by atoms with Crippen LogP contribution in [-0.2, 0) is 18.3 Å². The standard InChI is InChI=1S/C21H23N5O2/c1-15-8-10-18(24-21(28)23-17-6-4-3-5-7-17)12-19(15)25-20(27)11-9-16-13-22-26(2)14-16/h3-8,10,12-14H,9,11H2,1-2H3,(H,25,27)(H2,23,24,28). The third-order valence-corrected chi connectivity index (χ3v) is 4.20. The van der Waals surface area contributed by atoms with Crippen molar-refractivity contribution in [1.29, 1.82) is 0 Å². The number of hydrogen-bond acceptors (Lipinski definition) is 3. The summed E-state index contributed by atoms with van der Waals surface area (Å²) in [6, 6.07) is 14.3. The highest BCUT2D eigenvalue weighted by Crippen LogP contribution is 2.21. The summed E-state index contributed by atoms with van der Waals surface area (Å²) in [4.78, 5) is 24.4. The van der Waals surface area contributed by atoms with Gasteiger partial charge in [-0.3, -0.25) is 9.48 Å². The molecule has 7 heteroatoms. The van der Waals surface area contributed by atoms with Gasteiger partial charge in [-0.15, -0.1) is 0 Å². The third kappa shape index (κ3) is 5.44. The topological polar surface area (TPSA) is 88.1 Å². The number of aromatic nitrogens is 2. The largest absolute Gasteiger partial charge is 0.326 e. The van der Waals surface area contributed by atoms with Crippen LogP contribution >= 0.6 is 0 Å². The van der Waals surface area contributed by atoms with Crippen LogP contribution < -0.4 is 16.0 Å². The van der Waals surface area contributed by atoms with Crippen LogP contribution in [0.2, 0.25) is 0 Å². The monoisotopic (exact) mass is 377 g/mol. The molecule has 1 aromatic heterocycles. The van der Waals surface area contributed by atoms with Crippen LogP contribution in [0.25, 0.3) is 0 Å². The number of hydrogen-bond donors (Lipinski definition) is 3. The van der Waals surface area contributed by atoms with E-state index in [2.05, 4.69) is 21.0 Å². The zero-order valence-corrected chi connectivity index (χ0v) is 15.9. The Labute approximate surface area is 163 Å². The lowest BCUT2D eigenvalue weighted by atomic mass is 10.1. The summed E-state index contributed by atoms with van der Waals surface area (Å²) in [6.45, 7) is 1.91. The first-order chi connectivity index (χ1) is 13.5. The number of anilines is 3. The van der Waals surface area contributed by atoms with Gasteiger partial charge in [0.05, 0.1) is 6.20 Å². The van der Waals surface area contributed by atoms with Crippen LogP contribution in [0.15, 0.2) is 60.9 Å². The van der Waals surface area contributed by atoms with E-state index in [4.69, 9.17) is 0 Å². The van der Waals surface area contributed by atoms with Crippen LogP contribution in [-0.4, -0.2) is 21.7 Å². The van der Waals surface area contributed by atoms with E-state index < -0.39 is 0 Å². The number of urea groups is 1. The van der Waals surface area contributed by atoms with E-state index in [9.17, 15) is 9.59 Å². The average molecular weight is 377 g/mol. The number of para-hydroxylation sites is 1. The smallest absolute Gasteiger partial charge is 0.323 e. The number of carbonyl (C=O) groups excluding carboxylic acids is 2. The number of rotatable bonds is 6. The molecule has 0 saturated carbocycles. The zero-order chi connectivity index (χ0) is 19.9. The van der Waals surface area contributed by atoms with Gasteiger partial charge in [0.15, 0.2) is 0 Å². The van der Waals surface area contributed by atoms with Crippen molar-refractivity contribution >= 4 is 29.0 Å². The van der Waals surface area contributed by atoms with Gasteiger partial charge in [-0.1, -0.05) is 24.3 Å². The molecule has 0 aliphatic rings. The molecule has 0 bridgehead atoms. The van der Waals surface area contributed by atoms with E-state index >= 15 is 0 Å². The predicted octanol–water partition coefficient (Wildman–Crippen LogP) is 3.94. The molecule has 0 aliphatic heterocycles. The summed E-state index contributed by atoms with van der Waals surface area (Å²) >= 11 is 0. The maximum Gasteiger partial charge on any atom is 0.323 e. The number of nitrogens with one attached hydrogen (secondary N) is 3. The predicted molar refractivity (Wildman–Crippen MR) is 110 cm³/mol. The molecule has 7 nitrogen and oxygen atoms in total. The van der Waals surface area contributed by atoms with Crippen LogP contribution in [0, 0.1) is 6.92 Å². The Hall–Kier alpha value is -3.61. The maximum atomic E-state index is 12.3. The van der Waals surface area contributed by atoms with E-state index in [-0.39, 0.29) is 11.9 Å². The molecule has 3 N–H and O–H groups in total. The Morgan fingerprint density at radius 3 is 2.46 bits per heavy atom. The lowest BCUT2D eigenvalue weighted by Crippen LogP contribution is -2.19. The average Bonchev–Trinajstić information content (AvgIpc) is 3.09. The van der Waals surface area contributed by atoms with Crippen molar-refractivity contribution in [3.63, 3.8) is 0 Å². The molecule has 3 rings (SSSR count). The molecule has 1 heterocycles. The fourth-order valence-electron chi connectivity index (χ4n) is 2.72. The van der Waals surface area contributed by atoms with Gasteiger partial charge >= 0.3 is 6.03 Å². The molecule has 28 heavy (non-hydrogen) atoms. The second-order valence-electron chi connectivity index (χ2n) is 6.55. The number of carbonyl (C=O) groups is 2. The van der Waals surface area contributed by atoms with E-state index in [1.54, 1.807) is 23.0 Å². The van der Waals surface area contributed by atoms with E-state index in [1.165, 1.54) is 0 Å². The van der Waals surface area contributed by atoms with Gasteiger partial charge in [0.25, 0.3) is 0 Å². The van der Waals surface area contributed by atoms with Crippen molar-refractivity contribution in [1.82, 2.24) is 9.78 Å². The van der Waals surface area contributed by atoms with Gasteiger partial charge in [0, 0.05) is 36.7 Å². The molecule has 3 amide bonds. The number of aryl methyl sites for hydroxylation is 3. The molecular formula is C21H23N5O2. The highest BCUT2D eigenvalue weighted by molar-refractivity contribution is 6.00. The number of nitrogens with zero attached hydrogens (tertiary/aromatic N) is 2. The van der Waals surface area contributed by atoms with E-state index in [1.807, 2.05) is 56.6 Å². The summed E-state index contributed by atoms with van der Waals surface area (Å²) in [5, 5.41) is 12.6. The second kappa shape index (κ2) is 8.85. The van der Waals surface area contributed by atoms with Gasteiger partial charge in [-0.2, -0.15) is 5.10 Å². The fourth-order valence-corrected chi connectivity index (χ4v) is 2.72. The Morgan fingerprint density at radius 2 is 1.75 bits per heavy atom. The van der Waals surface area contributed by atoms with E-state index in [0.29, 0.717) is 29.9 Å². The molecule has 3 aromatic rings. The summed E-state index contributed by atoms with van der Waals surface area (Å²) in [5.74, 6) is -0.0853. The van der Waals surface area contributed by atoms with Gasteiger partial charge in [0.1, 0.15) is 0 Å². The van der Waals surface area contributed by atoms with Crippen LogP contribution in [0.1, 0.15) is 17.5 Å². The molecule has 0 saturated heterocycles. The summed E-state index contributed by atoms with van der Waals surface area (Å²) in [7, 11) is 1.85. The van der Waals surface area contributed by atoms with Gasteiger partial charge in [-0.25, -0.2) is 4.79 Å². The molecule has 0 radical (unpaired) electrons. The number of amides is 3. The minimum atomic E-state index is -0.344. The number of benzene rings is 2. The Balaban J connectivity index is 1.57. The normalized spacial score (nSPS) is 10.4. The molecule has 0 atom stereocenters. The lowest BCUT2D eigenvalue weighted by Gasteiger charge is -2.12. The minimum absolute atomic E-state index is 0.0853. The molecule has 0 unspecified atom stereocenters. The van der Waals surface area contributed by atoms with E-state index in [0.717, 1.165) is 11.1 Å². The molecular weight excluding hydrogens is 354 g/mol. The van der Waals surface area contributed by atoms with Crippen molar-refractivity contribution in [3.8, 4) is 0 Å². The van der Waals surface area contributed by atoms with Crippen molar-refractivity contribution in [2.75, 3.05) is 16.0 Å². The highest BCUT2D eigenvalue weighted by Gasteiger charge is 2.09. The maximum absolute atomic E-state index is 12.3. The van der Waals surface area contributed by atoms with Crippen LogP contribution in [0.4, 0.5) is 21.9 Å². The summed E-state index contributed by atoms with van der Waals surface area (Å²) in [5.41, 5.74) is 3.91. The van der Waals surface area contributed by atoms with Gasteiger partial charge in [0.2, 0.25) is 5.91 Å². The molecule has 0 aliphatic carbocycles. The van der Waals surface area contributed by atoms with Crippen LogP contribution in [0.3, 0.4) is 0 Å². The van der Waals surface area contributed by atoms with Crippen LogP contribution in [0.5, 0.6) is 0 Å². The van der Waals surface area contributed by atoms with Crippen molar-refractivity contribution in [3.05, 3.63) is 72.1 Å². The zero-order valence-electron chi connectivity index (χ0n) is 15.9. The summed E-state index contributed by atoms with van der Waals surface area (Å²) < 4.78 is 1.72. The fraction of sp³-hybridized carbons (Fsp3) is 0.190. The first kappa shape index (κ1) is 19.2. The summed E-state index contributed by atoms with van der Waals surface area (Å²) in [6.07, 6.45) is 4.64. The molecule has 0 fully saturated rings. The van der Waals surface area contributed by atoms with Crippen molar-refractivity contribution in [2.45, 2.75) is 19.8 Å². The third-order valence-electron chi connectivity index (χ3n) is 4.20. The Bertz CT molecular complexity index is 966. The first-order valence-electron chi connectivity index (χ1n) is 9.01. The molecule has 2 aromatic carbocycles. The Morgan fingerprint density at radius 1 is 1.00 bits per heavy atom. The van der Waals surface area contributed by atoms with Gasteiger partial charge in [-0.05, 0) is 48.7 Å². The first-order valence-corrected chi connectivity index (χ1v) is 9.01. The van der Waals surface area contributed by atoms with Gasteiger partial charge < -0.3 is 16.0 Å². The minimum Gasteiger partial charge on any atom is -0.326 e. The van der Waals surface area contributed by atoms with Crippen molar-refractivity contribution in [2.24, 2.45) is 7.05 Å². The SMILES string of the molecule is Cc1ccc(NC(=O)Nc2ccccc2)cc1NC(=O)CCc1cnn(C)c1.